The van der Waals surface area contributed by atoms with Gasteiger partial charge in [-0.3, -0.25) is 4.79 Å². The molecule has 3 aromatic rings. The number of benzene rings is 2. The van der Waals surface area contributed by atoms with Gasteiger partial charge < -0.3 is 13.9 Å². The Kier molecular flexibility index (Phi) is 5.65. The van der Waals surface area contributed by atoms with Crippen LogP contribution >= 0.6 is 0 Å². The maximum Gasteiger partial charge on any atom is 0.197 e. The third-order valence-electron chi connectivity index (χ3n) is 4.74. The van der Waals surface area contributed by atoms with Gasteiger partial charge in [0.1, 0.15) is 28.2 Å². The Morgan fingerprint density at radius 2 is 1.78 bits per heavy atom. The zero-order chi connectivity index (χ0) is 19.4. The highest BCUT2D eigenvalue weighted by molar-refractivity contribution is 5.89. The molecule has 0 fully saturated rings. The highest BCUT2D eigenvalue weighted by atomic mass is 16.5. The zero-order valence-electron chi connectivity index (χ0n) is 16.2. The smallest absolute Gasteiger partial charge is 0.197 e. The summed E-state index contributed by atoms with van der Waals surface area (Å²) in [7, 11) is 3.15. The fraction of sp³-hybridized carbons (Fsp3) is 0.261. The highest BCUT2D eigenvalue weighted by Crippen LogP contribution is 2.36. The molecule has 1 aromatic heterocycles. The van der Waals surface area contributed by atoms with Gasteiger partial charge >= 0.3 is 0 Å². The van der Waals surface area contributed by atoms with Gasteiger partial charge in [0.25, 0.3) is 0 Å². The molecule has 27 heavy (non-hydrogen) atoms. The second-order valence-electron chi connectivity index (χ2n) is 6.41. The second-order valence-corrected chi connectivity index (χ2v) is 6.41. The van der Waals surface area contributed by atoms with Gasteiger partial charge in [-0.05, 0) is 19.8 Å². The van der Waals surface area contributed by atoms with Crippen molar-refractivity contribution in [1.82, 2.24) is 0 Å². The number of fused-ring (bicyclic) bond motifs is 1. The lowest BCUT2D eigenvalue weighted by Crippen LogP contribution is -2.06. The van der Waals surface area contributed by atoms with Crippen molar-refractivity contribution >= 4 is 11.0 Å². The van der Waals surface area contributed by atoms with E-state index in [1.54, 1.807) is 20.3 Å². The van der Waals surface area contributed by atoms with Crippen LogP contribution in [-0.4, -0.2) is 14.2 Å². The quantitative estimate of drug-likeness (QED) is 0.551. The summed E-state index contributed by atoms with van der Waals surface area (Å²) in [5, 5.41) is 0.440. The molecule has 0 atom stereocenters. The third kappa shape index (κ3) is 3.75. The maximum atomic E-state index is 12.9. The van der Waals surface area contributed by atoms with Crippen LogP contribution in [0.15, 0.2) is 63.3 Å². The standard InChI is InChI=1S/C23H24O4/c1-5-15(2)11-12-17-20(25-3)14-21(26-4)22-18(24)13-19(27-23(17)22)16-9-7-6-8-10-16/h6-11,13-14H,5,12H2,1-4H3. The Balaban J connectivity index is 2.33. The second kappa shape index (κ2) is 8.12. The van der Waals surface area contributed by atoms with Crippen LogP contribution < -0.4 is 14.9 Å². The number of hydrogen-bond donors (Lipinski definition) is 0. The normalized spacial score (nSPS) is 11.6. The van der Waals surface area contributed by atoms with E-state index in [1.165, 1.54) is 11.6 Å². The summed E-state index contributed by atoms with van der Waals surface area (Å²) in [6.45, 7) is 4.20. The molecule has 3 rings (SSSR count). The van der Waals surface area contributed by atoms with Crippen LogP contribution in [0.25, 0.3) is 22.3 Å². The molecule has 0 aliphatic rings. The van der Waals surface area contributed by atoms with E-state index < -0.39 is 0 Å². The van der Waals surface area contributed by atoms with E-state index in [0.717, 1.165) is 17.5 Å². The van der Waals surface area contributed by atoms with Crippen LogP contribution in [0.1, 0.15) is 25.8 Å². The first kappa shape index (κ1) is 18.8. The molecule has 4 heteroatoms. The predicted molar refractivity (Wildman–Crippen MR) is 109 cm³/mol. The minimum atomic E-state index is -0.132. The van der Waals surface area contributed by atoms with E-state index in [9.17, 15) is 4.79 Å². The molecule has 0 aliphatic carbocycles. The fourth-order valence-electron chi connectivity index (χ4n) is 3.03. The lowest BCUT2D eigenvalue weighted by Gasteiger charge is -2.14. The predicted octanol–water partition coefficient (Wildman–Crippen LogP) is 5.38. The van der Waals surface area contributed by atoms with Gasteiger partial charge in [0.2, 0.25) is 0 Å². The summed E-state index contributed by atoms with van der Waals surface area (Å²) < 4.78 is 17.2. The van der Waals surface area contributed by atoms with E-state index in [0.29, 0.717) is 34.6 Å². The molecular weight excluding hydrogens is 340 g/mol. The summed E-state index contributed by atoms with van der Waals surface area (Å²) in [6.07, 6.45) is 3.72. The molecule has 4 nitrogen and oxygen atoms in total. The molecule has 0 saturated carbocycles. The molecule has 0 radical (unpaired) electrons. The minimum Gasteiger partial charge on any atom is -0.496 e. The third-order valence-corrected chi connectivity index (χ3v) is 4.74. The summed E-state index contributed by atoms with van der Waals surface area (Å²) in [6, 6.07) is 12.9. The van der Waals surface area contributed by atoms with Crippen molar-refractivity contribution < 1.29 is 13.9 Å². The fourth-order valence-corrected chi connectivity index (χ4v) is 3.03. The van der Waals surface area contributed by atoms with Crippen LogP contribution in [-0.2, 0) is 6.42 Å². The van der Waals surface area contributed by atoms with Crippen LogP contribution in [0.3, 0.4) is 0 Å². The lowest BCUT2D eigenvalue weighted by atomic mass is 10.0. The molecule has 140 valence electrons. The molecule has 0 bridgehead atoms. The van der Waals surface area contributed by atoms with E-state index in [1.807, 2.05) is 30.3 Å². The summed E-state index contributed by atoms with van der Waals surface area (Å²) >= 11 is 0. The van der Waals surface area contributed by atoms with Crippen LogP contribution in [0, 0.1) is 0 Å². The molecular formula is C23H24O4. The number of hydrogen-bond acceptors (Lipinski definition) is 4. The Morgan fingerprint density at radius 1 is 1.07 bits per heavy atom. The summed E-state index contributed by atoms with van der Waals surface area (Å²) in [5.74, 6) is 1.63. The number of ether oxygens (including phenoxy) is 2. The SMILES string of the molecule is CCC(C)=CCc1c(OC)cc(OC)c2c(=O)cc(-c3ccccc3)oc12. The Labute approximate surface area is 159 Å². The molecule has 0 unspecified atom stereocenters. The summed E-state index contributed by atoms with van der Waals surface area (Å²) in [5.41, 5.74) is 3.34. The van der Waals surface area contributed by atoms with Gasteiger partial charge in [0.15, 0.2) is 5.43 Å². The topological polar surface area (TPSA) is 48.7 Å². The molecule has 0 amide bonds. The van der Waals surface area contributed by atoms with Gasteiger partial charge in [-0.1, -0.05) is 48.9 Å². The van der Waals surface area contributed by atoms with E-state index >= 15 is 0 Å². The van der Waals surface area contributed by atoms with Crippen molar-refractivity contribution in [1.29, 1.82) is 0 Å². The number of methoxy groups -OCH3 is 2. The Bertz CT molecular complexity index is 1030. The van der Waals surface area contributed by atoms with Gasteiger partial charge in [0, 0.05) is 23.3 Å². The number of rotatable bonds is 6. The van der Waals surface area contributed by atoms with E-state index in [4.69, 9.17) is 13.9 Å². The van der Waals surface area contributed by atoms with E-state index in [2.05, 4.69) is 19.9 Å². The van der Waals surface area contributed by atoms with Crippen LogP contribution in [0.2, 0.25) is 0 Å². The van der Waals surface area contributed by atoms with Crippen molar-refractivity contribution in [2.45, 2.75) is 26.7 Å². The van der Waals surface area contributed by atoms with Crippen molar-refractivity contribution in [3.8, 4) is 22.8 Å². The van der Waals surface area contributed by atoms with Crippen molar-refractivity contribution in [2.24, 2.45) is 0 Å². The van der Waals surface area contributed by atoms with Crippen LogP contribution in [0.4, 0.5) is 0 Å². The molecule has 2 aromatic carbocycles. The Hall–Kier alpha value is -3.01. The van der Waals surface area contributed by atoms with Crippen molar-refractivity contribution in [2.75, 3.05) is 14.2 Å². The molecule has 0 N–H and O–H groups in total. The van der Waals surface area contributed by atoms with Gasteiger partial charge in [-0.15, -0.1) is 0 Å². The highest BCUT2D eigenvalue weighted by Gasteiger charge is 2.19. The average molecular weight is 364 g/mol. The largest absolute Gasteiger partial charge is 0.496 e. The molecule has 0 saturated heterocycles. The molecule has 1 heterocycles. The zero-order valence-corrected chi connectivity index (χ0v) is 16.2. The van der Waals surface area contributed by atoms with Crippen LogP contribution in [0.5, 0.6) is 11.5 Å². The minimum absolute atomic E-state index is 0.132. The van der Waals surface area contributed by atoms with Crippen molar-refractivity contribution in [3.63, 3.8) is 0 Å². The molecule has 0 aliphatic heterocycles. The first-order chi connectivity index (χ1) is 13.1. The van der Waals surface area contributed by atoms with Gasteiger partial charge in [-0.25, -0.2) is 0 Å². The Morgan fingerprint density at radius 3 is 2.41 bits per heavy atom. The van der Waals surface area contributed by atoms with Gasteiger partial charge in [-0.2, -0.15) is 0 Å². The first-order valence-electron chi connectivity index (χ1n) is 9.01. The average Bonchev–Trinajstić information content (AvgIpc) is 2.71. The summed E-state index contributed by atoms with van der Waals surface area (Å²) in [4.78, 5) is 12.9. The first-order valence-corrected chi connectivity index (χ1v) is 9.01. The number of allylic oxidation sites excluding steroid dienone is 2. The monoisotopic (exact) mass is 364 g/mol. The molecule has 0 spiro atoms. The lowest BCUT2D eigenvalue weighted by molar-refractivity contribution is 0.393. The maximum absolute atomic E-state index is 12.9. The van der Waals surface area contributed by atoms with E-state index in [-0.39, 0.29) is 5.43 Å². The van der Waals surface area contributed by atoms with Gasteiger partial charge in [0.05, 0.1) is 14.2 Å². The van der Waals surface area contributed by atoms with Crippen molar-refractivity contribution in [3.05, 3.63) is 69.9 Å².